The van der Waals surface area contributed by atoms with Crippen LogP contribution >= 0.6 is 0 Å². The first-order valence-electron chi connectivity index (χ1n) is 10.6. The lowest BCUT2D eigenvalue weighted by Crippen LogP contribution is -2.40. The molecule has 164 valence electrons. The summed E-state index contributed by atoms with van der Waals surface area (Å²) in [4.78, 5) is 38.0. The van der Waals surface area contributed by atoms with Crippen LogP contribution in [-0.2, 0) is 17.9 Å². The molecule has 3 aromatic rings. The Morgan fingerprint density at radius 1 is 1.00 bits per heavy atom. The first-order chi connectivity index (χ1) is 14.9. The van der Waals surface area contributed by atoms with Gasteiger partial charge in [0, 0.05) is 19.5 Å². The number of nitrogens with one attached hydrogen (secondary N) is 1. The molecule has 0 aliphatic rings. The third-order valence-corrected chi connectivity index (χ3v) is 5.13. The molecule has 0 aliphatic carbocycles. The molecule has 1 amide bonds. The van der Waals surface area contributed by atoms with Crippen LogP contribution in [0.25, 0.3) is 10.9 Å². The molecule has 0 fully saturated rings. The molecule has 1 heterocycles. The van der Waals surface area contributed by atoms with Gasteiger partial charge in [0.2, 0.25) is 5.91 Å². The van der Waals surface area contributed by atoms with Crippen LogP contribution in [0, 0.1) is 11.7 Å². The number of halogens is 1. The van der Waals surface area contributed by atoms with E-state index in [1.54, 1.807) is 41.0 Å². The number of aromatic nitrogens is 2. The molecule has 3 rings (SSSR count). The van der Waals surface area contributed by atoms with Crippen LogP contribution in [0.15, 0.2) is 58.1 Å². The third-order valence-electron chi connectivity index (χ3n) is 5.13. The van der Waals surface area contributed by atoms with Crippen molar-refractivity contribution in [2.45, 2.75) is 46.2 Å². The van der Waals surface area contributed by atoms with Crippen molar-refractivity contribution in [1.29, 1.82) is 0 Å². The molecule has 0 atom stereocenters. The Kier molecular flexibility index (Phi) is 7.39. The molecular formula is C24H28FN3O3. The van der Waals surface area contributed by atoms with Gasteiger partial charge in [0.15, 0.2) is 0 Å². The molecule has 0 aliphatic heterocycles. The summed E-state index contributed by atoms with van der Waals surface area (Å²) in [7, 11) is 0. The molecule has 31 heavy (non-hydrogen) atoms. The molecule has 0 unspecified atom stereocenters. The normalized spacial score (nSPS) is 11.2. The molecule has 0 saturated heterocycles. The Labute approximate surface area is 180 Å². The fourth-order valence-corrected chi connectivity index (χ4v) is 3.46. The van der Waals surface area contributed by atoms with Crippen molar-refractivity contribution in [3.63, 3.8) is 0 Å². The second-order valence-corrected chi connectivity index (χ2v) is 8.12. The number of para-hydroxylation sites is 1. The van der Waals surface area contributed by atoms with Gasteiger partial charge in [0.05, 0.1) is 17.4 Å². The van der Waals surface area contributed by atoms with E-state index in [0.29, 0.717) is 42.6 Å². The van der Waals surface area contributed by atoms with E-state index in [-0.39, 0.29) is 30.4 Å². The highest BCUT2D eigenvalue weighted by atomic mass is 19.1. The summed E-state index contributed by atoms with van der Waals surface area (Å²) < 4.78 is 16.0. The van der Waals surface area contributed by atoms with Crippen molar-refractivity contribution in [3.8, 4) is 0 Å². The lowest BCUT2D eigenvalue weighted by Gasteiger charge is -2.14. The topological polar surface area (TPSA) is 73.1 Å². The van der Waals surface area contributed by atoms with Crippen molar-refractivity contribution < 1.29 is 9.18 Å². The number of fused-ring (bicyclic) bond motifs is 1. The number of hydrogen-bond donors (Lipinski definition) is 1. The summed E-state index contributed by atoms with van der Waals surface area (Å²) in [5.74, 6) is 0.0244. The number of amides is 1. The van der Waals surface area contributed by atoms with E-state index in [2.05, 4.69) is 5.32 Å². The number of unbranched alkanes of at least 4 members (excludes halogenated alkanes) is 1. The van der Waals surface area contributed by atoms with Gasteiger partial charge in [0.25, 0.3) is 5.56 Å². The van der Waals surface area contributed by atoms with Crippen molar-refractivity contribution >= 4 is 16.8 Å². The number of hydrogen-bond acceptors (Lipinski definition) is 3. The molecule has 0 saturated carbocycles. The van der Waals surface area contributed by atoms with E-state index in [4.69, 9.17) is 0 Å². The Morgan fingerprint density at radius 2 is 1.71 bits per heavy atom. The van der Waals surface area contributed by atoms with Crippen LogP contribution in [-0.4, -0.2) is 21.6 Å². The minimum atomic E-state index is -0.405. The molecule has 0 bridgehead atoms. The monoisotopic (exact) mass is 425 g/mol. The Hall–Kier alpha value is -3.22. The quantitative estimate of drug-likeness (QED) is 0.535. The molecule has 0 spiro atoms. The summed E-state index contributed by atoms with van der Waals surface area (Å²) >= 11 is 0. The van der Waals surface area contributed by atoms with E-state index in [0.717, 1.165) is 5.56 Å². The molecule has 1 aromatic heterocycles. The SMILES string of the molecule is CC(C)CNC(=O)CCCCn1c(=O)c2ccccc2n(Cc2ccc(F)cc2)c1=O. The molecule has 2 aromatic carbocycles. The molecular weight excluding hydrogens is 397 g/mol. The molecule has 1 N–H and O–H groups in total. The Balaban J connectivity index is 1.81. The second kappa shape index (κ2) is 10.2. The summed E-state index contributed by atoms with van der Waals surface area (Å²) in [6, 6.07) is 12.9. The maximum Gasteiger partial charge on any atom is 0.331 e. The van der Waals surface area contributed by atoms with E-state index in [1.807, 2.05) is 13.8 Å². The van der Waals surface area contributed by atoms with Crippen LogP contribution in [0.2, 0.25) is 0 Å². The smallest absolute Gasteiger partial charge is 0.331 e. The molecule has 0 radical (unpaired) electrons. The molecule has 7 heteroatoms. The predicted octanol–water partition coefficient (Wildman–Crippen LogP) is 3.29. The van der Waals surface area contributed by atoms with E-state index >= 15 is 0 Å². The van der Waals surface area contributed by atoms with Crippen LogP contribution in [0.1, 0.15) is 38.7 Å². The third kappa shape index (κ3) is 5.69. The van der Waals surface area contributed by atoms with Gasteiger partial charge in [-0.2, -0.15) is 0 Å². The number of rotatable bonds is 9. The maximum absolute atomic E-state index is 13.2. The van der Waals surface area contributed by atoms with Gasteiger partial charge in [-0.15, -0.1) is 0 Å². The standard InChI is InChI=1S/C24H28FN3O3/c1-17(2)15-26-22(29)9-5-6-14-27-23(30)20-7-3-4-8-21(20)28(24(27)31)16-18-10-12-19(25)13-11-18/h3-4,7-8,10-13,17H,5-6,9,14-16H2,1-2H3,(H,26,29). The van der Waals surface area contributed by atoms with E-state index < -0.39 is 5.69 Å². The fourth-order valence-electron chi connectivity index (χ4n) is 3.46. The van der Waals surface area contributed by atoms with Crippen LogP contribution < -0.4 is 16.6 Å². The average Bonchev–Trinajstić information content (AvgIpc) is 2.76. The lowest BCUT2D eigenvalue weighted by molar-refractivity contribution is -0.121. The first-order valence-corrected chi connectivity index (χ1v) is 10.6. The highest BCUT2D eigenvalue weighted by molar-refractivity contribution is 5.78. The zero-order valence-electron chi connectivity index (χ0n) is 17.9. The van der Waals surface area contributed by atoms with Gasteiger partial charge in [0.1, 0.15) is 5.82 Å². The van der Waals surface area contributed by atoms with Crippen molar-refractivity contribution in [2.75, 3.05) is 6.54 Å². The van der Waals surface area contributed by atoms with Gasteiger partial charge >= 0.3 is 5.69 Å². The average molecular weight is 426 g/mol. The van der Waals surface area contributed by atoms with Gasteiger partial charge < -0.3 is 5.32 Å². The zero-order valence-corrected chi connectivity index (χ0v) is 17.9. The van der Waals surface area contributed by atoms with Crippen molar-refractivity contribution in [1.82, 2.24) is 14.5 Å². The number of carbonyl (C=O) groups excluding carboxylic acids is 1. The van der Waals surface area contributed by atoms with Crippen LogP contribution in [0.5, 0.6) is 0 Å². The maximum atomic E-state index is 13.2. The summed E-state index contributed by atoms with van der Waals surface area (Å²) in [5, 5.41) is 3.33. The van der Waals surface area contributed by atoms with Crippen molar-refractivity contribution in [2.24, 2.45) is 5.92 Å². The Bertz CT molecular complexity index is 1160. The van der Waals surface area contributed by atoms with Gasteiger partial charge in [-0.25, -0.2) is 9.18 Å². The summed E-state index contributed by atoms with van der Waals surface area (Å²) in [6.07, 6.45) is 1.48. The second-order valence-electron chi connectivity index (χ2n) is 8.12. The Morgan fingerprint density at radius 3 is 2.42 bits per heavy atom. The van der Waals surface area contributed by atoms with E-state index in [9.17, 15) is 18.8 Å². The number of benzene rings is 2. The summed E-state index contributed by atoms with van der Waals surface area (Å²) in [6.45, 7) is 5.17. The zero-order chi connectivity index (χ0) is 22.4. The highest BCUT2D eigenvalue weighted by Crippen LogP contribution is 2.11. The first kappa shape index (κ1) is 22.5. The summed E-state index contributed by atoms with van der Waals surface area (Å²) in [5.41, 5.74) is 0.573. The van der Waals surface area contributed by atoms with Crippen LogP contribution in [0.3, 0.4) is 0 Å². The van der Waals surface area contributed by atoms with Gasteiger partial charge in [-0.3, -0.25) is 18.7 Å². The molecule has 6 nitrogen and oxygen atoms in total. The van der Waals surface area contributed by atoms with Gasteiger partial charge in [-0.1, -0.05) is 38.1 Å². The predicted molar refractivity (Wildman–Crippen MR) is 120 cm³/mol. The minimum absolute atomic E-state index is 0.0201. The largest absolute Gasteiger partial charge is 0.356 e. The minimum Gasteiger partial charge on any atom is -0.356 e. The van der Waals surface area contributed by atoms with Crippen molar-refractivity contribution in [3.05, 3.63) is 80.7 Å². The van der Waals surface area contributed by atoms with Gasteiger partial charge in [-0.05, 0) is 48.6 Å². The van der Waals surface area contributed by atoms with Crippen LogP contribution in [0.4, 0.5) is 4.39 Å². The highest BCUT2D eigenvalue weighted by Gasteiger charge is 2.13. The fraction of sp³-hybridized carbons (Fsp3) is 0.375. The number of nitrogens with zero attached hydrogens (tertiary/aromatic N) is 2. The lowest BCUT2D eigenvalue weighted by atomic mass is 10.2. The van der Waals surface area contributed by atoms with E-state index in [1.165, 1.54) is 16.7 Å². The number of carbonyl (C=O) groups is 1.